The van der Waals surface area contributed by atoms with E-state index in [2.05, 4.69) is 10.3 Å². The second-order valence-electron chi connectivity index (χ2n) is 4.96. The van der Waals surface area contributed by atoms with Gasteiger partial charge in [-0.05, 0) is 36.8 Å². The average molecular weight is 332 g/mol. The Morgan fingerprint density at radius 1 is 1.13 bits per heavy atom. The van der Waals surface area contributed by atoms with Crippen molar-refractivity contribution in [3.63, 3.8) is 0 Å². The van der Waals surface area contributed by atoms with Gasteiger partial charge in [0, 0.05) is 36.1 Å². The van der Waals surface area contributed by atoms with Gasteiger partial charge < -0.3 is 10.2 Å². The van der Waals surface area contributed by atoms with Gasteiger partial charge in [-0.15, -0.1) is 0 Å². The first-order chi connectivity index (χ1) is 11.1. The van der Waals surface area contributed by atoms with Crippen LogP contribution in [-0.4, -0.2) is 34.8 Å². The third-order valence-corrected chi connectivity index (χ3v) is 3.59. The number of pyridine rings is 1. The molecule has 5 nitrogen and oxygen atoms in total. The second kappa shape index (κ2) is 8.29. The van der Waals surface area contributed by atoms with Crippen LogP contribution in [0.25, 0.3) is 0 Å². The molecule has 0 bridgehead atoms. The van der Waals surface area contributed by atoms with Crippen molar-refractivity contribution in [1.29, 1.82) is 0 Å². The molecule has 0 atom stereocenters. The number of carbonyl (C=O) groups is 2. The highest BCUT2D eigenvalue weighted by Gasteiger charge is 2.16. The maximum absolute atomic E-state index is 12.3. The zero-order valence-corrected chi connectivity index (χ0v) is 13.6. The summed E-state index contributed by atoms with van der Waals surface area (Å²) in [5.74, 6) is -0.388. The Morgan fingerprint density at radius 2 is 1.78 bits per heavy atom. The summed E-state index contributed by atoms with van der Waals surface area (Å²) in [4.78, 5) is 29.7. The van der Waals surface area contributed by atoms with E-state index in [0.717, 1.165) is 5.56 Å². The van der Waals surface area contributed by atoms with Crippen LogP contribution < -0.4 is 5.32 Å². The Hall–Kier alpha value is -2.40. The number of benzene rings is 1. The normalized spacial score (nSPS) is 10.2. The zero-order valence-electron chi connectivity index (χ0n) is 12.8. The molecular formula is C17H18ClN3O2. The number of halogens is 1. The number of nitrogens with zero attached hydrogens (tertiary/aromatic N) is 2. The van der Waals surface area contributed by atoms with Crippen molar-refractivity contribution in [3.8, 4) is 0 Å². The summed E-state index contributed by atoms with van der Waals surface area (Å²) < 4.78 is 0. The van der Waals surface area contributed by atoms with Crippen molar-refractivity contribution in [2.45, 2.75) is 13.5 Å². The standard InChI is InChI=1S/C17H18ClN3O2/c1-2-21(17(23)14-7-9-19-10-8-14)12-16(22)20-11-13-3-5-15(18)6-4-13/h3-10H,2,11-12H2,1H3,(H,20,22). The largest absolute Gasteiger partial charge is 0.350 e. The van der Waals surface area contributed by atoms with Crippen LogP contribution in [0.2, 0.25) is 5.02 Å². The van der Waals surface area contributed by atoms with E-state index in [9.17, 15) is 9.59 Å². The highest BCUT2D eigenvalue weighted by molar-refractivity contribution is 6.30. The Bertz CT molecular complexity index is 659. The number of amides is 2. The van der Waals surface area contributed by atoms with Crippen LogP contribution >= 0.6 is 11.6 Å². The van der Waals surface area contributed by atoms with Gasteiger partial charge in [0.05, 0.1) is 6.54 Å². The van der Waals surface area contributed by atoms with Gasteiger partial charge >= 0.3 is 0 Å². The van der Waals surface area contributed by atoms with Crippen LogP contribution in [0.1, 0.15) is 22.8 Å². The molecule has 1 aromatic carbocycles. The van der Waals surface area contributed by atoms with Gasteiger partial charge in [0.25, 0.3) is 5.91 Å². The SMILES string of the molecule is CCN(CC(=O)NCc1ccc(Cl)cc1)C(=O)c1ccncc1. The van der Waals surface area contributed by atoms with Gasteiger partial charge in [0.1, 0.15) is 0 Å². The second-order valence-corrected chi connectivity index (χ2v) is 5.39. The lowest BCUT2D eigenvalue weighted by Crippen LogP contribution is -2.40. The molecule has 0 aliphatic rings. The summed E-state index contributed by atoms with van der Waals surface area (Å²) in [5.41, 5.74) is 1.47. The van der Waals surface area contributed by atoms with Crippen molar-refractivity contribution in [3.05, 3.63) is 64.9 Å². The first kappa shape index (κ1) is 17.0. The third-order valence-electron chi connectivity index (χ3n) is 3.33. The topological polar surface area (TPSA) is 62.3 Å². The summed E-state index contributed by atoms with van der Waals surface area (Å²) in [7, 11) is 0. The molecule has 1 N–H and O–H groups in total. The van der Waals surface area contributed by atoms with Crippen LogP contribution in [0.15, 0.2) is 48.8 Å². The van der Waals surface area contributed by atoms with E-state index in [-0.39, 0.29) is 18.4 Å². The van der Waals surface area contributed by atoms with Gasteiger partial charge in [-0.2, -0.15) is 0 Å². The predicted octanol–water partition coefficient (Wildman–Crippen LogP) is 2.51. The number of carbonyl (C=O) groups excluding carboxylic acids is 2. The Kier molecular flexibility index (Phi) is 6.11. The van der Waals surface area contributed by atoms with E-state index in [1.165, 1.54) is 4.90 Å². The molecule has 0 radical (unpaired) electrons. The highest BCUT2D eigenvalue weighted by atomic mass is 35.5. The van der Waals surface area contributed by atoms with Gasteiger partial charge in [0.2, 0.25) is 5.91 Å². The number of likely N-dealkylation sites (N-methyl/N-ethyl adjacent to an activating group) is 1. The maximum atomic E-state index is 12.3. The van der Waals surface area contributed by atoms with Crippen molar-refractivity contribution in [1.82, 2.24) is 15.2 Å². The first-order valence-corrected chi connectivity index (χ1v) is 7.68. The summed E-state index contributed by atoms with van der Waals surface area (Å²) in [5, 5.41) is 3.45. The molecule has 0 saturated heterocycles. The smallest absolute Gasteiger partial charge is 0.254 e. The van der Waals surface area contributed by atoms with Crippen LogP contribution in [0, 0.1) is 0 Å². The summed E-state index contributed by atoms with van der Waals surface area (Å²) in [6, 6.07) is 10.5. The van der Waals surface area contributed by atoms with E-state index >= 15 is 0 Å². The summed E-state index contributed by atoms with van der Waals surface area (Å²) >= 11 is 5.82. The molecule has 2 rings (SSSR count). The summed E-state index contributed by atoms with van der Waals surface area (Å²) in [6.45, 7) is 2.71. The number of nitrogens with one attached hydrogen (secondary N) is 1. The Balaban J connectivity index is 1.89. The molecular weight excluding hydrogens is 314 g/mol. The lowest BCUT2D eigenvalue weighted by Gasteiger charge is -2.20. The van der Waals surface area contributed by atoms with E-state index in [0.29, 0.717) is 23.7 Å². The number of rotatable bonds is 6. The first-order valence-electron chi connectivity index (χ1n) is 7.30. The fourth-order valence-electron chi connectivity index (χ4n) is 2.04. The fourth-order valence-corrected chi connectivity index (χ4v) is 2.16. The molecule has 1 aromatic heterocycles. The predicted molar refractivity (Wildman–Crippen MR) is 89.1 cm³/mol. The lowest BCUT2D eigenvalue weighted by atomic mass is 10.2. The third kappa shape index (κ3) is 5.07. The Morgan fingerprint density at radius 3 is 2.39 bits per heavy atom. The molecule has 6 heteroatoms. The van der Waals surface area contributed by atoms with E-state index < -0.39 is 0 Å². The van der Waals surface area contributed by atoms with Crippen LogP contribution in [0.3, 0.4) is 0 Å². The molecule has 120 valence electrons. The molecule has 2 amide bonds. The van der Waals surface area contributed by atoms with Gasteiger partial charge in [-0.1, -0.05) is 23.7 Å². The van der Waals surface area contributed by atoms with E-state index in [1.54, 1.807) is 36.7 Å². The number of aromatic nitrogens is 1. The van der Waals surface area contributed by atoms with Crippen LogP contribution in [0.5, 0.6) is 0 Å². The van der Waals surface area contributed by atoms with Crippen LogP contribution in [0.4, 0.5) is 0 Å². The monoisotopic (exact) mass is 331 g/mol. The molecule has 1 heterocycles. The number of hydrogen-bond acceptors (Lipinski definition) is 3. The molecule has 2 aromatic rings. The molecule has 0 aliphatic heterocycles. The van der Waals surface area contributed by atoms with Crippen LogP contribution in [-0.2, 0) is 11.3 Å². The van der Waals surface area contributed by atoms with E-state index in [4.69, 9.17) is 11.6 Å². The quantitative estimate of drug-likeness (QED) is 0.884. The number of hydrogen-bond donors (Lipinski definition) is 1. The van der Waals surface area contributed by atoms with Crippen molar-refractivity contribution >= 4 is 23.4 Å². The Labute approximate surface area is 140 Å². The average Bonchev–Trinajstić information content (AvgIpc) is 2.59. The lowest BCUT2D eigenvalue weighted by molar-refractivity contribution is -0.121. The highest BCUT2D eigenvalue weighted by Crippen LogP contribution is 2.09. The molecule has 0 unspecified atom stereocenters. The molecule has 0 saturated carbocycles. The molecule has 0 fully saturated rings. The van der Waals surface area contributed by atoms with Gasteiger partial charge in [-0.3, -0.25) is 14.6 Å². The van der Waals surface area contributed by atoms with Crippen molar-refractivity contribution < 1.29 is 9.59 Å². The summed E-state index contributed by atoms with van der Waals surface area (Å²) in [6.07, 6.45) is 3.11. The zero-order chi connectivity index (χ0) is 16.7. The minimum Gasteiger partial charge on any atom is -0.350 e. The van der Waals surface area contributed by atoms with Crippen molar-refractivity contribution in [2.24, 2.45) is 0 Å². The fraction of sp³-hybridized carbons (Fsp3) is 0.235. The maximum Gasteiger partial charge on any atom is 0.254 e. The van der Waals surface area contributed by atoms with Gasteiger partial charge in [-0.25, -0.2) is 0 Å². The van der Waals surface area contributed by atoms with Crippen molar-refractivity contribution in [2.75, 3.05) is 13.1 Å². The molecule has 0 aliphatic carbocycles. The minimum absolute atomic E-state index is 0.0191. The van der Waals surface area contributed by atoms with E-state index in [1.807, 2.05) is 19.1 Å². The molecule has 23 heavy (non-hydrogen) atoms. The van der Waals surface area contributed by atoms with Gasteiger partial charge in [0.15, 0.2) is 0 Å². The molecule has 0 spiro atoms. The minimum atomic E-state index is -0.204.